The summed E-state index contributed by atoms with van der Waals surface area (Å²) in [4.78, 5) is 24.3. The van der Waals surface area contributed by atoms with Crippen LogP contribution < -0.4 is 4.90 Å². The van der Waals surface area contributed by atoms with Gasteiger partial charge in [0.15, 0.2) is 11.5 Å². The number of pyridine rings is 2. The summed E-state index contributed by atoms with van der Waals surface area (Å²) < 4.78 is 72.4. The molecule has 2 aromatic carbocycles. The SMILES string of the molecule is CN(C)c1ccc(C(=Nc2ccc3c(C(F)(F)F)cc(-c4ccc([N+](=O)[O-])cc4)nc3n2)OB(F)F)cc1. The summed E-state index contributed by atoms with van der Waals surface area (Å²) in [6.45, 7) is 0. The van der Waals surface area contributed by atoms with Gasteiger partial charge in [0.25, 0.3) is 5.69 Å². The molecule has 38 heavy (non-hydrogen) atoms. The second-order valence-corrected chi connectivity index (χ2v) is 8.13. The third-order valence-electron chi connectivity index (χ3n) is 5.38. The number of nitro benzene ring substituents is 1. The molecular formula is C24H17BF5N5O3. The average molecular weight is 529 g/mol. The van der Waals surface area contributed by atoms with E-state index in [9.17, 15) is 31.9 Å². The highest BCUT2D eigenvalue weighted by atomic mass is 19.4. The molecule has 2 aromatic heterocycles. The molecule has 0 N–H and O–H groups in total. The van der Waals surface area contributed by atoms with Crippen molar-refractivity contribution in [1.82, 2.24) is 9.97 Å². The van der Waals surface area contributed by atoms with Crippen molar-refractivity contribution in [2.75, 3.05) is 19.0 Å². The predicted molar refractivity (Wildman–Crippen MR) is 133 cm³/mol. The van der Waals surface area contributed by atoms with Crippen LogP contribution in [-0.2, 0) is 10.8 Å². The van der Waals surface area contributed by atoms with Crippen LogP contribution in [0, 0.1) is 10.1 Å². The van der Waals surface area contributed by atoms with Crippen molar-refractivity contribution in [1.29, 1.82) is 0 Å². The van der Waals surface area contributed by atoms with Crippen LogP contribution in [0.5, 0.6) is 0 Å². The minimum atomic E-state index is -4.78. The number of halogens is 5. The molecule has 14 heteroatoms. The summed E-state index contributed by atoms with van der Waals surface area (Å²) in [5.74, 6) is -0.703. The highest BCUT2D eigenvalue weighted by Crippen LogP contribution is 2.37. The van der Waals surface area contributed by atoms with E-state index in [1.165, 1.54) is 24.3 Å². The molecule has 0 saturated heterocycles. The van der Waals surface area contributed by atoms with E-state index in [1.54, 1.807) is 31.1 Å². The number of aliphatic imine (C=N–C) groups is 1. The highest BCUT2D eigenvalue weighted by molar-refractivity contribution is 6.38. The minimum absolute atomic E-state index is 0.142. The second kappa shape index (κ2) is 10.4. The molecule has 0 amide bonds. The fraction of sp³-hybridized carbons (Fsp3) is 0.125. The number of nitro groups is 1. The van der Waals surface area contributed by atoms with Crippen molar-refractivity contribution < 1.29 is 31.4 Å². The summed E-state index contributed by atoms with van der Waals surface area (Å²) in [5, 5.41) is 10.6. The van der Waals surface area contributed by atoms with Crippen molar-refractivity contribution in [3.8, 4) is 11.3 Å². The van der Waals surface area contributed by atoms with Gasteiger partial charge in [-0.05, 0) is 54.6 Å². The summed E-state index contributed by atoms with van der Waals surface area (Å²) in [6.07, 6.45) is -4.78. The summed E-state index contributed by atoms with van der Waals surface area (Å²) in [5.41, 5.74) is -0.613. The Kier molecular flexibility index (Phi) is 7.24. The lowest BCUT2D eigenvalue weighted by Crippen LogP contribution is -2.15. The summed E-state index contributed by atoms with van der Waals surface area (Å²) >= 11 is 0. The van der Waals surface area contributed by atoms with Gasteiger partial charge in [0.05, 0.1) is 16.2 Å². The first-order valence-electron chi connectivity index (χ1n) is 10.9. The predicted octanol–water partition coefficient (Wildman–Crippen LogP) is 6.31. The summed E-state index contributed by atoms with van der Waals surface area (Å²) in [6, 6.07) is 14.2. The van der Waals surface area contributed by atoms with E-state index >= 15 is 0 Å². The zero-order chi connectivity index (χ0) is 27.6. The Morgan fingerprint density at radius 1 is 1.00 bits per heavy atom. The van der Waals surface area contributed by atoms with E-state index in [4.69, 9.17) is 0 Å². The molecule has 0 atom stereocenters. The average Bonchev–Trinajstić information content (AvgIpc) is 2.86. The molecule has 4 aromatic rings. The molecule has 0 radical (unpaired) electrons. The molecular weight excluding hydrogens is 512 g/mol. The van der Waals surface area contributed by atoms with Crippen molar-refractivity contribution in [2.45, 2.75) is 6.18 Å². The normalized spacial score (nSPS) is 11.9. The zero-order valence-corrected chi connectivity index (χ0v) is 19.8. The molecule has 0 bridgehead atoms. The second-order valence-electron chi connectivity index (χ2n) is 8.13. The van der Waals surface area contributed by atoms with Crippen LogP contribution >= 0.6 is 0 Å². The van der Waals surface area contributed by atoms with Gasteiger partial charge in [0, 0.05) is 48.4 Å². The number of rotatable bonds is 6. The number of non-ortho nitro benzene ring substituents is 1. The van der Waals surface area contributed by atoms with Gasteiger partial charge in [-0.15, -0.1) is 0 Å². The van der Waals surface area contributed by atoms with Gasteiger partial charge < -0.3 is 9.55 Å². The number of anilines is 1. The maximum atomic E-state index is 13.9. The van der Waals surface area contributed by atoms with E-state index in [0.717, 1.165) is 36.0 Å². The lowest BCUT2D eigenvalue weighted by Gasteiger charge is -2.14. The smallest absolute Gasteiger partial charge is 0.490 e. The molecule has 0 aliphatic heterocycles. The molecule has 2 heterocycles. The fourth-order valence-corrected chi connectivity index (χ4v) is 3.54. The van der Waals surface area contributed by atoms with Crippen molar-refractivity contribution in [3.63, 3.8) is 0 Å². The Morgan fingerprint density at radius 2 is 1.66 bits per heavy atom. The van der Waals surface area contributed by atoms with Crippen molar-refractivity contribution >= 4 is 41.6 Å². The van der Waals surface area contributed by atoms with E-state index in [0.29, 0.717) is 0 Å². The first-order chi connectivity index (χ1) is 17.9. The number of aromatic nitrogens is 2. The number of nitrogens with zero attached hydrogens (tertiary/aromatic N) is 5. The Bertz CT molecular complexity index is 1510. The Balaban J connectivity index is 1.84. The quantitative estimate of drug-likeness (QED) is 0.0726. The first kappa shape index (κ1) is 26.4. The molecule has 194 valence electrons. The minimum Gasteiger partial charge on any atom is -0.490 e. The van der Waals surface area contributed by atoms with Crippen LogP contribution in [0.3, 0.4) is 0 Å². The monoisotopic (exact) mass is 529 g/mol. The standard InChI is InChI=1S/C24H17BF5N5O3/c1-34(2)16-7-5-15(6-8-16)23(38-25(29)30)33-21-12-11-18-19(24(26,27)28)13-20(31-22(18)32-21)14-3-9-17(10-4-14)35(36)37/h3-13H,1-2H3. The number of hydrogen-bond donors (Lipinski definition) is 0. The van der Waals surface area contributed by atoms with Gasteiger partial charge in [-0.1, -0.05) is 0 Å². The van der Waals surface area contributed by atoms with Crippen LogP contribution in [0.4, 0.5) is 39.0 Å². The maximum absolute atomic E-state index is 13.9. The van der Waals surface area contributed by atoms with Gasteiger partial charge in [-0.2, -0.15) is 18.2 Å². The van der Waals surface area contributed by atoms with Gasteiger partial charge in [-0.25, -0.2) is 18.6 Å². The van der Waals surface area contributed by atoms with Crippen molar-refractivity contribution in [2.24, 2.45) is 4.99 Å². The Hall–Kier alpha value is -4.62. The van der Waals surface area contributed by atoms with Gasteiger partial charge in [0.2, 0.25) is 5.90 Å². The largest absolute Gasteiger partial charge is 0.797 e. The third-order valence-corrected chi connectivity index (χ3v) is 5.38. The topological polar surface area (TPSA) is 93.8 Å². The Morgan fingerprint density at radius 3 is 2.21 bits per heavy atom. The fourth-order valence-electron chi connectivity index (χ4n) is 3.54. The van der Waals surface area contributed by atoms with Crippen LogP contribution in [0.15, 0.2) is 71.7 Å². The number of alkyl halides is 3. The number of benzene rings is 2. The lowest BCUT2D eigenvalue weighted by molar-refractivity contribution is -0.384. The molecule has 0 saturated carbocycles. The zero-order valence-electron chi connectivity index (χ0n) is 19.8. The molecule has 0 spiro atoms. The molecule has 8 nitrogen and oxygen atoms in total. The van der Waals surface area contributed by atoms with Gasteiger partial charge in [-0.3, -0.25) is 10.1 Å². The maximum Gasteiger partial charge on any atom is 0.797 e. The van der Waals surface area contributed by atoms with Crippen LogP contribution in [0.25, 0.3) is 22.3 Å². The third kappa shape index (κ3) is 5.85. The van der Waals surface area contributed by atoms with E-state index in [2.05, 4.69) is 19.6 Å². The molecule has 0 aliphatic carbocycles. The van der Waals surface area contributed by atoms with E-state index in [1.807, 2.05) is 0 Å². The molecule has 0 aliphatic rings. The van der Waals surface area contributed by atoms with Crippen LogP contribution in [0.2, 0.25) is 0 Å². The summed E-state index contributed by atoms with van der Waals surface area (Å²) in [7, 11) is 0.379. The Labute approximate surface area is 212 Å². The van der Waals surface area contributed by atoms with Crippen LogP contribution in [-0.4, -0.2) is 42.4 Å². The molecule has 0 fully saturated rings. The van der Waals surface area contributed by atoms with E-state index < -0.39 is 30.0 Å². The number of fused-ring (bicyclic) bond motifs is 1. The first-order valence-corrected chi connectivity index (χ1v) is 10.9. The number of hydrogen-bond acceptors (Lipinski definition) is 7. The highest BCUT2D eigenvalue weighted by Gasteiger charge is 2.34. The van der Waals surface area contributed by atoms with Crippen LogP contribution in [0.1, 0.15) is 11.1 Å². The van der Waals surface area contributed by atoms with Gasteiger partial charge in [0.1, 0.15) is 0 Å². The molecule has 0 unspecified atom stereocenters. The van der Waals surface area contributed by atoms with Gasteiger partial charge >= 0.3 is 13.6 Å². The molecule has 4 rings (SSSR count). The van der Waals surface area contributed by atoms with E-state index in [-0.39, 0.29) is 39.4 Å². The lowest BCUT2D eigenvalue weighted by atomic mass is 10.1. The van der Waals surface area contributed by atoms with Crippen molar-refractivity contribution in [3.05, 3.63) is 88.0 Å².